The average molecular weight is 530 g/mol. The Bertz CT molecular complexity index is 1780. The van der Waals surface area contributed by atoms with Crippen molar-refractivity contribution in [2.24, 2.45) is 14.1 Å². The van der Waals surface area contributed by atoms with E-state index in [1.165, 1.54) is 40.4 Å². The van der Waals surface area contributed by atoms with Crippen LogP contribution in [-0.4, -0.2) is 50.5 Å². The van der Waals surface area contributed by atoms with Crippen molar-refractivity contribution in [3.05, 3.63) is 87.8 Å². The molecule has 0 aliphatic rings. The van der Waals surface area contributed by atoms with E-state index in [0.717, 1.165) is 15.7 Å². The minimum Gasteiger partial charge on any atom is -0.458 e. The van der Waals surface area contributed by atoms with Crippen LogP contribution in [0.4, 0.5) is 5.69 Å². The maximum Gasteiger partial charge on any atom is 0.332 e. The van der Waals surface area contributed by atoms with E-state index in [1.807, 2.05) is 24.3 Å². The zero-order chi connectivity index (χ0) is 27.5. The molecule has 39 heavy (non-hydrogen) atoms. The number of ether oxygens (including phenoxy) is 1. The number of aromatic nitrogens is 8. The van der Waals surface area contributed by atoms with E-state index in [4.69, 9.17) is 4.74 Å². The summed E-state index contributed by atoms with van der Waals surface area (Å²) < 4.78 is 10.1. The van der Waals surface area contributed by atoms with Gasteiger partial charge in [0.25, 0.3) is 5.56 Å². The van der Waals surface area contributed by atoms with Gasteiger partial charge < -0.3 is 14.6 Å². The number of rotatable bonds is 8. The summed E-state index contributed by atoms with van der Waals surface area (Å²) in [7, 11) is 2.84. The quantitative estimate of drug-likeness (QED) is 0.282. The second-order valence-electron chi connectivity index (χ2n) is 8.69. The number of fused-ring (bicyclic) bond motifs is 1. The smallest absolute Gasteiger partial charge is 0.332 e. The van der Waals surface area contributed by atoms with Crippen molar-refractivity contribution in [3.63, 3.8) is 0 Å². The van der Waals surface area contributed by atoms with Gasteiger partial charge >= 0.3 is 11.7 Å². The third kappa shape index (κ3) is 5.34. The number of amides is 1. The minimum atomic E-state index is -0.646. The number of hydrogen-bond acceptors (Lipinski definition) is 9. The zero-order valence-corrected chi connectivity index (χ0v) is 21.0. The normalized spacial score (nSPS) is 11.0. The first-order chi connectivity index (χ1) is 18.8. The molecule has 0 spiro atoms. The van der Waals surface area contributed by atoms with Gasteiger partial charge in [-0.05, 0) is 29.3 Å². The molecule has 0 aliphatic carbocycles. The lowest BCUT2D eigenvalue weighted by Crippen LogP contribution is -2.37. The number of carbonyl (C=O) groups excluding carboxylic acids is 2. The molecule has 4 heterocycles. The molecular weight excluding hydrogens is 506 g/mol. The first-order valence-electron chi connectivity index (χ1n) is 11.8. The molecule has 198 valence electrons. The molecule has 0 saturated carbocycles. The number of imidazole rings is 1. The summed E-state index contributed by atoms with van der Waals surface area (Å²) in [6.07, 6.45) is 6.26. The topological polar surface area (TPSA) is 161 Å². The third-order valence-electron chi connectivity index (χ3n) is 5.95. The summed E-state index contributed by atoms with van der Waals surface area (Å²) in [5.41, 5.74) is 2.11. The molecular formula is C25H23N9O5. The van der Waals surface area contributed by atoms with Gasteiger partial charge in [-0.25, -0.2) is 14.5 Å². The van der Waals surface area contributed by atoms with Gasteiger partial charge in [0.1, 0.15) is 25.4 Å². The van der Waals surface area contributed by atoms with E-state index in [2.05, 4.69) is 25.6 Å². The predicted molar refractivity (Wildman–Crippen MR) is 138 cm³/mol. The van der Waals surface area contributed by atoms with Crippen molar-refractivity contribution in [2.45, 2.75) is 19.7 Å². The van der Waals surface area contributed by atoms with E-state index < -0.39 is 17.2 Å². The molecule has 14 nitrogen and oxygen atoms in total. The van der Waals surface area contributed by atoms with Crippen molar-refractivity contribution < 1.29 is 14.3 Å². The average Bonchev–Trinajstić information content (AvgIpc) is 3.57. The third-order valence-corrected chi connectivity index (χ3v) is 5.95. The number of hydrogen-bond donors (Lipinski definition) is 1. The van der Waals surface area contributed by atoms with Crippen LogP contribution in [0, 0.1) is 0 Å². The van der Waals surface area contributed by atoms with Gasteiger partial charge in [0.05, 0.1) is 12.5 Å². The SMILES string of the molecule is Cn1c(=O)c2c(ncn2CC(=O)OCc2cn(CC(=O)Nc3ccc(-c4cccnc4)cc3)nn2)n(C)c1=O. The molecule has 5 rings (SSSR count). The number of nitrogens with zero attached hydrogens (tertiary/aromatic N) is 8. The van der Waals surface area contributed by atoms with Crippen molar-refractivity contribution in [2.75, 3.05) is 5.32 Å². The molecule has 0 atom stereocenters. The second kappa shape index (κ2) is 10.5. The van der Waals surface area contributed by atoms with Crippen molar-refractivity contribution in [3.8, 4) is 11.1 Å². The largest absolute Gasteiger partial charge is 0.458 e. The van der Waals surface area contributed by atoms with Crippen LogP contribution in [0.2, 0.25) is 0 Å². The zero-order valence-electron chi connectivity index (χ0n) is 21.0. The number of pyridine rings is 1. The van der Waals surface area contributed by atoms with Gasteiger partial charge in [0.15, 0.2) is 11.2 Å². The van der Waals surface area contributed by atoms with Crippen LogP contribution in [0.1, 0.15) is 5.69 Å². The summed E-state index contributed by atoms with van der Waals surface area (Å²) in [6, 6.07) is 11.2. The fraction of sp³-hybridized carbons (Fsp3) is 0.200. The van der Waals surface area contributed by atoms with Crippen LogP contribution < -0.4 is 16.6 Å². The van der Waals surface area contributed by atoms with E-state index >= 15 is 0 Å². The number of carbonyl (C=O) groups is 2. The van der Waals surface area contributed by atoms with Crippen molar-refractivity contribution >= 4 is 28.7 Å². The Kier molecular flexibility index (Phi) is 6.82. The van der Waals surface area contributed by atoms with Gasteiger partial charge in [0.2, 0.25) is 5.91 Å². The molecule has 5 aromatic rings. The van der Waals surface area contributed by atoms with E-state index in [9.17, 15) is 19.2 Å². The lowest BCUT2D eigenvalue weighted by molar-refractivity contribution is -0.145. The molecule has 0 aliphatic heterocycles. The Morgan fingerprint density at radius 2 is 1.79 bits per heavy atom. The lowest BCUT2D eigenvalue weighted by atomic mass is 10.1. The van der Waals surface area contributed by atoms with Crippen LogP contribution in [0.25, 0.3) is 22.3 Å². The second-order valence-corrected chi connectivity index (χ2v) is 8.69. The van der Waals surface area contributed by atoms with E-state index in [-0.39, 0.29) is 36.8 Å². The van der Waals surface area contributed by atoms with Gasteiger partial charge in [0, 0.05) is 32.2 Å². The Morgan fingerprint density at radius 1 is 1.00 bits per heavy atom. The fourth-order valence-electron chi connectivity index (χ4n) is 3.97. The Morgan fingerprint density at radius 3 is 2.54 bits per heavy atom. The Hall–Kier alpha value is -5.40. The molecule has 1 N–H and O–H groups in total. The highest BCUT2D eigenvalue weighted by Crippen LogP contribution is 2.20. The van der Waals surface area contributed by atoms with E-state index in [0.29, 0.717) is 11.4 Å². The van der Waals surface area contributed by atoms with Crippen molar-refractivity contribution in [1.29, 1.82) is 0 Å². The van der Waals surface area contributed by atoms with Crippen LogP contribution in [0.5, 0.6) is 0 Å². The molecule has 0 radical (unpaired) electrons. The fourth-order valence-corrected chi connectivity index (χ4v) is 3.97. The maximum atomic E-state index is 12.5. The summed E-state index contributed by atoms with van der Waals surface area (Å²) in [6.45, 7) is -0.562. The van der Waals surface area contributed by atoms with Gasteiger partial charge in [-0.2, -0.15) is 0 Å². The number of aryl methyl sites for hydroxylation is 1. The molecule has 4 aromatic heterocycles. The molecule has 0 saturated heterocycles. The maximum absolute atomic E-state index is 12.5. The van der Waals surface area contributed by atoms with E-state index in [1.54, 1.807) is 24.5 Å². The first kappa shape index (κ1) is 25.3. The number of esters is 1. The highest BCUT2D eigenvalue weighted by Gasteiger charge is 2.17. The van der Waals surface area contributed by atoms with Crippen LogP contribution >= 0.6 is 0 Å². The summed E-state index contributed by atoms with van der Waals surface area (Å²) in [5, 5.41) is 10.6. The standard InChI is InChI=1S/C25H23N9O5/c1-31-23-22(24(37)32(2)25(31)38)33(15-27-23)13-21(36)39-14-19-11-34(30-29-19)12-20(35)28-18-7-5-16(6-8-18)17-4-3-9-26-10-17/h3-11,15H,12-14H2,1-2H3,(H,28,35). The monoisotopic (exact) mass is 529 g/mol. The number of benzene rings is 1. The number of anilines is 1. The van der Waals surface area contributed by atoms with Gasteiger partial charge in [-0.1, -0.05) is 23.4 Å². The first-order valence-corrected chi connectivity index (χ1v) is 11.8. The molecule has 0 fully saturated rings. The summed E-state index contributed by atoms with van der Waals surface area (Å²) in [4.78, 5) is 57.6. The van der Waals surface area contributed by atoms with Crippen LogP contribution in [0.3, 0.4) is 0 Å². The molecule has 1 aromatic carbocycles. The Balaban J connectivity index is 1.14. The van der Waals surface area contributed by atoms with Crippen molar-refractivity contribution in [1.82, 2.24) is 38.7 Å². The molecule has 14 heteroatoms. The molecule has 0 unspecified atom stereocenters. The Labute approximate surface area is 220 Å². The molecule has 0 bridgehead atoms. The predicted octanol–water partition coefficient (Wildman–Crippen LogP) is 0.469. The lowest BCUT2D eigenvalue weighted by Gasteiger charge is -2.07. The number of nitrogens with one attached hydrogen (secondary N) is 1. The molecule has 1 amide bonds. The minimum absolute atomic E-state index is 0.0889. The van der Waals surface area contributed by atoms with Gasteiger partial charge in [-0.15, -0.1) is 5.10 Å². The summed E-state index contributed by atoms with van der Waals surface area (Å²) in [5.74, 6) is -0.951. The van der Waals surface area contributed by atoms with Crippen LogP contribution in [0.15, 0.2) is 70.9 Å². The highest BCUT2D eigenvalue weighted by atomic mass is 16.5. The highest BCUT2D eigenvalue weighted by molar-refractivity contribution is 5.90. The van der Waals surface area contributed by atoms with Crippen LogP contribution in [-0.2, 0) is 48.1 Å². The summed E-state index contributed by atoms with van der Waals surface area (Å²) >= 11 is 0. The van der Waals surface area contributed by atoms with Gasteiger partial charge in [-0.3, -0.25) is 28.5 Å².